The maximum absolute atomic E-state index is 11.7. The first-order valence-electron chi connectivity index (χ1n) is 8.47. The molecule has 1 aromatic rings. The monoisotopic (exact) mass is 303 g/mol. The lowest BCUT2D eigenvalue weighted by atomic mass is 10.1. The summed E-state index contributed by atoms with van der Waals surface area (Å²) in [5.74, 6) is -0.00535. The lowest BCUT2D eigenvalue weighted by Crippen LogP contribution is -2.18. The van der Waals surface area contributed by atoms with Crippen LogP contribution in [0.4, 0.5) is 0 Å². The Morgan fingerprint density at radius 3 is 2.45 bits per heavy atom. The van der Waals surface area contributed by atoms with E-state index in [1.807, 2.05) is 19.1 Å². The third-order valence-corrected chi connectivity index (χ3v) is 3.69. The van der Waals surface area contributed by atoms with Crippen LogP contribution in [0.15, 0.2) is 29.6 Å². The molecule has 0 aliphatic carbocycles. The first kappa shape index (κ1) is 18.3. The summed E-state index contributed by atoms with van der Waals surface area (Å²) in [5, 5.41) is 4.12. The molecule has 0 fully saturated rings. The number of unbranched alkanes of at least 4 members (excludes halogenated alkanes) is 7. The first-order chi connectivity index (χ1) is 10.7. The zero-order chi connectivity index (χ0) is 16.0. The number of aromatic nitrogens is 1. The van der Waals surface area contributed by atoms with Gasteiger partial charge in [0, 0.05) is 24.4 Å². The maximum Gasteiger partial charge on any atom is 0.240 e. The number of rotatable bonds is 11. The molecule has 4 nitrogen and oxygen atoms in total. The van der Waals surface area contributed by atoms with Gasteiger partial charge in [0.1, 0.15) is 0 Å². The van der Waals surface area contributed by atoms with Gasteiger partial charge in [-0.05, 0) is 19.4 Å². The zero-order valence-corrected chi connectivity index (χ0v) is 14.0. The molecule has 0 saturated carbocycles. The number of hydrogen-bond acceptors (Lipinski definition) is 3. The van der Waals surface area contributed by atoms with Gasteiger partial charge in [0.15, 0.2) is 0 Å². The Morgan fingerprint density at radius 1 is 1.14 bits per heavy atom. The molecule has 0 saturated heterocycles. The topological polar surface area (TPSA) is 54.4 Å². The van der Waals surface area contributed by atoms with Gasteiger partial charge in [-0.2, -0.15) is 5.10 Å². The Morgan fingerprint density at radius 2 is 1.82 bits per heavy atom. The van der Waals surface area contributed by atoms with E-state index in [4.69, 9.17) is 0 Å². The van der Waals surface area contributed by atoms with Crippen LogP contribution in [-0.4, -0.2) is 16.6 Å². The summed E-state index contributed by atoms with van der Waals surface area (Å²) in [6.07, 6.45) is 13.9. The molecular weight excluding hydrogens is 274 g/mol. The minimum absolute atomic E-state index is 0.00535. The number of carbonyl (C=O) groups excluding carboxylic acids is 1. The zero-order valence-electron chi connectivity index (χ0n) is 14.0. The minimum atomic E-state index is -0.00535. The molecule has 0 aliphatic heterocycles. The van der Waals surface area contributed by atoms with Gasteiger partial charge in [-0.25, -0.2) is 5.43 Å². The van der Waals surface area contributed by atoms with Gasteiger partial charge >= 0.3 is 0 Å². The second kappa shape index (κ2) is 11.9. The maximum atomic E-state index is 11.7. The summed E-state index contributed by atoms with van der Waals surface area (Å²) < 4.78 is 0. The molecular formula is C18H29N3O. The summed E-state index contributed by atoms with van der Waals surface area (Å²) in [6, 6.07) is 3.78. The molecule has 1 aromatic heterocycles. The molecule has 0 spiro atoms. The second-order valence-corrected chi connectivity index (χ2v) is 5.70. The predicted molar refractivity (Wildman–Crippen MR) is 91.8 cm³/mol. The highest BCUT2D eigenvalue weighted by molar-refractivity contribution is 5.98. The minimum Gasteiger partial charge on any atom is -0.273 e. The number of amides is 1. The fourth-order valence-corrected chi connectivity index (χ4v) is 2.26. The van der Waals surface area contributed by atoms with Crippen LogP contribution in [0.2, 0.25) is 0 Å². The van der Waals surface area contributed by atoms with Crippen molar-refractivity contribution in [3.8, 4) is 0 Å². The molecule has 0 bridgehead atoms. The summed E-state index contributed by atoms with van der Waals surface area (Å²) in [4.78, 5) is 15.8. The normalized spacial score (nSPS) is 11.5. The molecule has 0 radical (unpaired) electrons. The van der Waals surface area contributed by atoms with E-state index in [1.165, 1.54) is 38.5 Å². The molecule has 0 unspecified atom stereocenters. The Balaban J connectivity index is 2.09. The standard InChI is InChI=1S/C18H29N3O/c1-3-4-5-6-7-8-9-10-13-18(22)21-20-16(2)17-12-11-14-19-15-17/h11-12,14-15H,3-10,13H2,1-2H3,(H,21,22)/b20-16+. The van der Waals surface area contributed by atoms with Crippen LogP contribution in [0, 0.1) is 0 Å². The van der Waals surface area contributed by atoms with E-state index in [1.54, 1.807) is 12.4 Å². The highest BCUT2D eigenvalue weighted by atomic mass is 16.2. The molecule has 4 heteroatoms. The Labute approximate surface area is 134 Å². The molecule has 0 aromatic carbocycles. The van der Waals surface area contributed by atoms with Crippen molar-refractivity contribution in [1.29, 1.82) is 0 Å². The van der Waals surface area contributed by atoms with Gasteiger partial charge in [0.25, 0.3) is 0 Å². The van der Waals surface area contributed by atoms with Crippen LogP contribution >= 0.6 is 0 Å². The summed E-state index contributed by atoms with van der Waals surface area (Å²) >= 11 is 0. The van der Waals surface area contributed by atoms with Crippen LogP contribution < -0.4 is 5.43 Å². The lowest BCUT2D eigenvalue weighted by Gasteiger charge is -2.03. The van der Waals surface area contributed by atoms with E-state index >= 15 is 0 Å². The molecule has 1 heterocycles. The second-order valence-electron chi connectivity index (χ2n) is 5.70. The fraction of sp³-hybridized carbons (Fsp3) is 0.611. The molecule has 0 atom stereocenters. The van der Waals surface area contributed by atoms with E-state index in [-0.39, 0.29) is 5.91 Å². The van der Waals surface area contributed by atoms with Crippen LogP contribution in [0.5, 0.6) is 0 Å². The summed E-state index contributed by atoms with van der Waals surface area (Å²) in [7, 11) is 0. The number of nitrogens with zero attached hydrogens (tertiary/aromatic N) is 2. The number of hydrogen-bond donors (Lipinski definition) is 1. The number of hydrazone groups is 1. The van der Waals surface area contributed by atoms with Crippen molar-refractivity contribution in [3.05, 3.63) is 30.1 Å². The van der Waals surface area contributed by atoms with Crippen molar-refractivity contribution in [2.75, 3.05) is 0 Å². The van der Waals surface area contributed by atoms with E-state index in [0.29, 0.717) is 6.42 Å². The molecule has 0 aliphatic rings. The quantitative estimate of drug-likeness (QED) is 0.373. The van der Waals surface area contributed by atoms with Crippen molar-refractivity contribution in [1.82, 2.24) is 10.4 Å². The van der Waals surface area contributed by atoms with Crippen LogP contribution in [-0.2, 0) is 4.79 Å². The smallest absolute Gasteiger partial charge is 0.240 e. The number of nitrogens with one attached hydrogen (secondary N) is 1. The molecule has 1 amide bonds. The van der Waals surface area contributed by atoms with Gasteiger partial charge in [-0.15, -0.1) is 0 Å². The van der Waals surface area contributed by atoms with Crippen LogP contribution in [0.25, 0.3) is 0 Å². The van der Waals surface area contributed by atoms with Crippen molar-refractivity contribution in [2.45, 2.75) is 71.6 Å². The number of pyridine rings is 1. The van der Waals surface area contributed by atoms with Crippen molar-refractivity contribution >= 4 is 11.6 Å². The van der Waals surface area contributed by atoms with E-state index in [9.17, 15) is 4.79 Å². The van der Waals surface area contributed by atoms with Crippen molar-refractivity contribution < 1.29 is 4.79 Å². The first-order valence-corrected chi connectivity index (χ1v) is 8.47. The van der Waals surface area contributed by atoms with E-state index < -0.39 is 0 Å². The van der Waals surface area contributed by atoms with Gasteiger partial charge in [0.2, 0.25) is 5.91 Å². The highest BCUT2D eigenvalue weighted by Gasteiger charge is 2.01. The third-order valence-electron chi connectivity index (χ3n) is 3.69. The molecule has 122 valence electrons. The van der Waals surface area contributed by atoms with Crippen LogP contribution in [0.3, 0.4) is 0 Å². The fourth-order valence-electron chi connectivity index (χ4n) is 2.26. The average molecular weight is 303 g/mol. The van der Waals surface area contributed by atoms with Crippen molar-refractivity contribution in [3.63, 3.8) is 0 Å². The SMILES string of the molecule is CCCCCCCCCCC(=O)N/N=C(\C)c1cccnc1. The summed E-state index contributed by atoms with van der Waals surface area (Å²) in [6.45, 7) is 4.10. The van der Waals surface area contributed by atoms with E-state index in [2.05, 4.69) is 22.4 Å². The average Bonchev–Trinajstić information content (AvgIpc) is 2.56. The summed E-state index contributed by atoms with van der Waals surface area (Å²) in [5.41, 5.74) is 4.32. The largest absolute Gasteiger partial charge is 0.273 e. The van der Waals surface area contributed by atoms with Gasteiger partial charge in [-0.1, -0.05) is 57.9 Å². The Kier molecular flexibility index (Phi) is 9.92. The van der Waals surface area contributed by atoms with Crippen molar-refractivity contribution in [2.24, 2.45) is 5.10 Å². The predicted octanol–water partition coefficient (Wildman–Crippen LogP) is 4.45. The Bertz CT molecular complexity index is 443. The molecule has 1 N–H and O–H groups in total. The Hall–Kier alpha value is -1.71. The molecule has 22 heavy (non-hydrogen) atoms. The lowest BCUT2D eigenvalue weighted by molar-refractivity contribution is -0.121. The van der Waals surface area contributed by atoms with E-state index in [0.717, 1.165) is 24.1 Å². The molecule has 1 rings (SSSR count). The third kappa shape index (κ3) is 8.55. The van der Waals surface area contributed by atoms with Gasteiger partial charge < -0.3 is 0 Å². The number of carbonyl (C=O) groups is 1. The van der Waals surface area contributed by atoms with Crippen LogP contribution in [0.1, 0.15) is 77.2 Å². The van der Waals surface area contributed by atoms with Gasteiger partial charge in [-0.3, -0.25) is 9.78 Å². The highest BCUT2D eigenvalue weighted by Crippen LogP contribution is 2.09. The van der Waals surface area contributed by atoms with Gasteiger partial charge in [0.05, 0.1) is 5.71 Å².